The minimum Gasteiger partial charge on any atom is -0.478 e. The first-order chi connectivity index (χ1) is 13.9. The Morgan fingerprint density at radius 1 is 1.14 bits per heavy atom. The normalized spacial score (nSPS) is 16.7. The predicted molar refractivity (Wildman–Crippen MR) is 107 cm³/mol. The summed E-state index contributed by atoms with van der Waals surface area (Å²) in [5.41, 5.74) is 2.72. The number of hydrogen-bond donors (Lipinski definition) is 1. The number of allylic oxidation sites excluding steroid dienone is 1. The van der Waals surface area contributed by atoms with Gasteiger partial charge >= 0.3 is 11.9 Å². The molecule has 0 spiro atoms. The van der Waals surface area contributed by atoms with Crippen molar-refractivity contribution in [1.29, 1.82) is 0 Å². The molecule has 150 valence electrons. The van der Waals surface area contributed by atoms with E-state index in [-0.39, 0.29) is 37.0 Å². The van der Waals surface area contributed by atoms with Crippen LogP contribution in [0.2, 0.25) is 0 Å². The molecular formula is C23H23NO5. The van der Waals surface area contributed by atoms with Gasteiger partial charge in [0, 0.05) is 18.0 Å². The summed E-state index contributed by atoms with van der Waals surface area (Å²) in [7, 11) is 0. The zero-order chi connectivity index (χ0) is 21.0. The molecule has 3 rings (SSSR count). The monoisotopic (exact) mass is 393 g/mol. The first-order valence-electron chi connectivity index (χ1n) is 9.47. The number of esters is 1. The largest absolute Gasteiger partial charge is 0.478 e. The number of hydrogen-bond acceptors (Lipinski definition) is 4. The first-order valence-corrected chi connectivity index (χ1v) is 9.47. The SMILES string of the molecule is CCOC(=O)C1=C(C)N(Cc2cccc(C(=O)O)c2)C(=O)CC1c1ccccc1. The number of benzene rings is 2. The zero-order valence-corrected chi connectivity index (χ0v) is 16.4. The quantitative estimate of drug-likeness (QED) is 0.756. The van der Waals surface area contributed by atoms with Crippen LogP contribution in [0.15, 0.2) is 65.9 Å². The third-order valence-corrected chi connectivity index (χ3v) is 5.03. The van der Waals surface area contributed by atoms with Gasteiger partial charge < -0.3 is 14.7 Å². The molecule has 1 aliphatic heterocycles. The van der Waals surface area contributed by atoms with Crippen molar-refractivity contribution < 1.29 is 24.2 Å². The third-order valence-electron chi connectivity index (χ3n) is 5.03. The number of ether oxygens (including phenoxy) is 1. The Morgan fingerprint density at radius 3 is 2.52 bits per heavy atom. The number of carbonyl (C=O) groups is 3. The Hall–Kier alpha value is -3.41. The number of carboxylic acids is 1. The topological polar surface area (TPSA) is 83.9 Å². The van der Waals surface area contributed by atoms with Gasteiger partial charge in [0.2, 0.25) is 5.91 Å². The summed E-state index contributed by atoms with van der Waals surface area (Å²) < 4.78 is 5.28. The zero-order valence-electron chi connectivity index (χ0n) is 16.4. The summed E-state index contributed by atoms with van der Waals surface area (Å²) in [6, 6.07) is 15.9. The van der Waals surface area contributed by atoms with Crippen molar-refractivity contribution in [3.05, 3.63) is 82.6 Å². The second-order valence-electron chi connectivity index (χ2n) is 6.87. The van der Waals surface area contributed by atoms with E-state index >= 15 is 0 Å². The molecule has 0 aliphatic carbocycles. The molecule has 1 heterocycles. The van der Waals surface area contributed by atoms with Crippen molar-refractivity contribution in [1.82, 2.24) is 4.90 Å². The van der Waals surface area contributed by atoms with E-state index in [9.17, 15) is 19.5 Å². The Morgan fingerprint density at radius 2 is 1.86 bits per heavy atom. The smallest absolute Gasteiger partial charge is 0.336 e. The average molecular weight is 393 g/mol. The fraction of sp³-hybridized carbons (Fsp3) is 0.261. The molecule has 1 unspecified atom stereocenters. The van der Waals surface area contributed by atoms with E-state index in [0.29, 0.717) is 16.8 Å². The lowest BCUT2D eigenvalue weighted by Gasteiger charge is -2.34. The van der Waals surface area contributed by atoms with Crippen LogP contribution in [0, 0.1) is 0 Å². The van der Waals surface area contributed by atoms with Crippen molar-refractivity contribution >= 4 is 17.8 Å². The molecule has 6 nitrogen and oxygen atoms in total. The molecule has 29 heavy (non-hydrogen) atoms. The van der Waals surface area contributed by atoms with E-state index in [2.05, 4.69) is 0 Å². The molecule has 0 bridgehead atoms. The number of amides is 1. The second kappa shape index (κ2) is 8.73. The Labute approximate surface area is 169 Å². The second-order valence-corrected chi connectivity index (χ2v) is 6.87. The molecule has 2 aromatic rings. The van der Waals surface area contributed by atoms with Gasteiger partial charge in [-0.05, 0) is 37.1 Å². The van der Waals surface area contributed by atoms with Gasteiger partial charge in [-0.2, -0.15) is 0 Å². The van der Waals surface area contributed by atoms with E-state index in [1.165, 1.54) is 17.0 Å². The lowest BCUT2D eigenvalue weighted by molar-refractivity contribution is -0.140. The summed E-state index contributed by atoms with van der Waals surface area (Å²) in [4.78, 5) is 38.5. The molecule has 6 heteroatoms. The van der Waals surface area contributed by atoms with Crippen molar-refractivity contribution in [2.75, 3.05) is 6.61 Å². The number of carboxylic acid groups (broad SMARTS) is 1. The molecule has 0 saturated carbocycles. The van der Waals surface area contributed by atoms with E-state index in [1.807, 2.05) is 30.3 Å². The van der Waals surface area contributed by atoms with Gasteiger partial charge in [-0.15, -0.1) is 0 Å². The van der Waals surface area contributed by atoms with Crippen molar-refractivity contribution in [2.24, 2.45) is 0 Å². The lowest BCUT2D eigenvalue weighted by Crippen LogP contribution is -2.38. The standard InChI is InChI=1S/C23H23NO5/c1-3-29-23(28)21-15(2)24(14-16-8-7-11-18(12-16)22(26)27)20(25)13-19(21)17-9-5-4-6-10-17/h4-12,19H,3,13-14H2,1-2H3,(H,26,27). The summed E-state index contributed by atoms with van der Waals surface area (Å²) in [5, 5.41) is 9.20. The lowest BCUT2D eigenvalue weighted by atomic mass is 9.83. The van der Waals surface area contributed by atoms with Crippen LogP contribution >= 0.6 is 0 Å². The highest BCUT2D eigenvalue weighted by atomic mass is 16.5. The van der Waals surface area contributed by atoms with E-state index in [0.717, 1.165) is 5.56 Å². The molecule has 1 N–H and O–H groups in total. The van der Waals surface area contributed by atoms with Gasteiger partial charge in [-0.25, -0.2) is 9.59 Å². The molecule has 0 saturated heterocycles. The number of rotatable bonds is 6. The molecular weight excluding hydrogens is 370 g/mol. The third kappa shape index (κ3) is 4.37. The van der Waals surface area contributed by atoms with E-state index < -0.39 is 11.9 Å². The Kier molecular flexibility index (Phi) is 6.12. The van der Waals surface area contributed by atoms with Crippen LogP contribution in [-0.4, -0.2) is 34.5 Å². The minimum absolute atomic E-state index is 0.120. The number of nitrogens with zero attached hydrogens (tertiary/aromatic N) is 1. The molecule has 0 radical (unpaired) electrons. The van der Waals surface area contributed by atoms with E-state index in [4.69, 9.17) is 4.74 Å². The van der Waals surface area contributed by atoms with Crippen LogP contribution in [0.4, 0.5) is 0 Å². The average Bonchev–Trinajstić information content (AvgIpc) is 2.71. The van der Waals surface area contributed by atoms with Gasteiger partial charge in [0.25, 0.3) is 0 Å². The van der Waals surface area contributed by atoms with Gasteiger partial charge in [0.05, 0.1) is 24.3 Å². The maximum absolute atomic E-state index is 13.0. The van der Waals surface area contributed by atoms with E-state index in [1.54, 1.807) is 26.0 Å². The maximum atomic E-state index is 13.0. The Bertz CT molecular complexity index is 964. The van der Waals surface area contributed by atoms with Crippen LogP contribution in [0.1, 0.15) is 47.7 Å². The Balaban J connectivity index is 2.01. The van der Waals surface area contributed by atoms with Crippen molar-refractivity contribution in [3.63, 3.8) is 0 Å². The van der Waals surface area contributed by atoms with Gasteiger partial charge in [0.1, 0.15) is 0 Å². The molecule has 1 atom stereocenters. The van der Waals surface area contributed by atoms with Crippen LogP contribution in [0.5, 0.6) is 0 Å². The van der Waals surface area contributed by atoms with Crippen LogP contribution in [-0.2, 0) is 20.9 Å². The molecule has 1 amide bonds. The highest BCUT2D eigenvalue weighted by molar-refractivity contribution is 5.96. The number of aromatic carboxylic acids is 1. The van der Waals surface area contributed by atoms with Crippen molar-refractivity contribution in [3.8, 4) is 0 Å². The van der Waals surface area contributed by atoms with Crippen LogP contribution in [0.25, 0.3) is 0 Å². The molecule has 0 aromatic heterocycles. The molecule has 1 aliphatic rings. The molecule has 2 aromatic carbocycles. The summed E-state index contributed by atoms with van der Waals surface area (Å²) in [5.74, 6) is -1.95. The van der Waals surface area contributed by atoms with Crippen LogP contribution in [0.3, 0.4) is 0 Å². The summed E-state index contributed by atoms with van der Waals surface area (Å²) >= 11 is 0. The summed E-state index contributed by atoms with van der Waals surface area (Å²) in [6.07, 6.45) is 0.147. The summed E-state index contributed by atoms with van der Waals surface area (Å²) in [6.45, 7) is 3.91. The number of carbonyl (C=O) groups excluding carboxylic acids is 2. The maximum Gasteiger partial charge on any atom is 0.336 e. The fourth-order valence-corrected chi connectivity index (χ4v) is 3.63. The highest BCUT2D eigenvalue weighted by Crippen LogP contribution is 2.37. The molecule has 0 fully saturated rings. The van der Waals surface area contributed by atoms with Crippen molar-refractivity contribution in [2.45, 2.75) is 32.7 Å². The van der Waals surface area contributed by atoms with Crippen LogP contribution < -0.4 is 0 Å². The highest BCUT2D eigenvalue weighted by Gasteiger charge is 2.36. The predicted octanol–water partition coefficient (Wildman–Crippen LogP) is 3.74. The first kappa shape index (κ1) is 20.3. The van der Waals surface area contributed by atoms with Gasteiger partial charge in [0.15, 0.2) is 0 Å². The van der Waals surface area contributed by atoms with Gasteiger partial charge in [-0.1, -0.05) is 42.5 Å². The fourth-order valence-electron chi connectivity index (χ4n) is 3.63. The minimum atomic E-state index is -1.03. The van der Waals surface area contributed by atoms with Gasteiger partial charge in [-0.3, -0.25) is 4.79 Å².